The smallest absolute Gasteiger partial charge is 0.303 e. The summed E-state index contributed by atoms with van der Waals surface area (Å²) in [5.41, 5.74) is 1.26. The highest BCUT2D eigenvalue weighted by molar-refractivity contribution is 5.92. The van der Waals surface area contributed by atoms with Crippen LogP contribution in [0.2, 0.25) is 0 Å². The second-order valence-corrected chi connectivity index (χ2v) is 9.13. The van der Waals surface area contributed by atoms with E-state index in [0.29, 0.717) is 25.2 Å². The highest BCUT2D eigenvalue weighted by Crippen LogP contribution is 2.64. The summed E-state index contributed by atoms with van der Waals surface area (Å²) in [6, 6.07) is 0. The SMILES string of the molecule is C[C@]12CCC(=O)C=C1C=C[C@@H]1C2=CC[C@@]2(C)[C@H]1CC[C@]2(O)CCC(=O)O. The van der Waals surface area contributed by atoms with E-state index in [1.54, 1.807) is 0 Å². The zero-order valence-electron chi connectivity index (χ0n) is 15.6. The third-order valence-electron chi connectivity index (χ3n) is 7.99. The van der Waals surface area contributed by atoms with Gasteiger partial charge in [-0.2, -0.15) is 0 Å². The monoisotopic (exact) mass is 356 g/mol. The zero-order valence-corrected chi connectivity index (χ0v) is 15.6. The minimum Gasteiger partial charge on any atom is -0.481 e. The number of aliphatic carboxylic acids is 1. The molecule has 140 valence electrons. The number of carbonyl (C=O) groups is 2. The fourth-order valence-corrected chi connectivity index (χ4v) is 6.16. The van der Waals surface area contributed by atoms with Crippen molar-refractivity contribution in [2.45, 2.75) is 64.4 Å². The van der Waals surface area contributed by atoms with Crippen LogP contribution in [0.4, 0.5) is 0 Å². The summed E-state index contributed by atoms with van der Waals surface area (Å²) in [6.07, 6.45) is 12.6. The summed E-state index contributed by atoms with van der Waals surface area (Å²) >= 11 is 0. The van der Waals surface area contributed by atoms with Crippen LogP contribution in [-0.4, -0.2) is 27.6 Å². The Morgan fingerprint density at radius 3 is 2.81 bits per heavy atom. The Kier molecular flexibility index (Phi) is 3.85. The molecule has 4 aliphatic carbocycles. The van der Waals surface area contributed by atoms with E-state index in [9.17, 15) is 14.7 Å². The van der Waals surface area contributed by atoms with Crippen LogP contribution in [0.25, 0.3) is 0 Å². The number of carboxylic acid groups (broad SMARTS) is 1. The largest absolute Gasteiger partial charge is 0.481 e. The van der Waals surface area contributed by atoms with Crippen molar-refractivity contribution in [3.63, 3.8) is 0 Å². The minimum absolute atomic E-state index is 0.0165. The van der Waals surface area contributed by atoms with Crippen LogP contribution < -0.4 is 0 Å². The van der Waals surface area contributed by atoms with E-state index in [1.807, 2.05) is 6.08 Å². The van der Waals surface area contributed by atoms with E-state index < -0.39 is 11.6 Å². The van der Waals surface area contributed by atoms with E-state index in [0.717, 1.165) is 24.8 Å². The Morgan fingerprint density at radius 1 is 1.31 bits per heavy atom. The molecule has 2 N–H and O–H groups in total. The standard InChI is InChI=1S/C22H28O4/c1-20-9-5-15(23)13-14(20)3-4-16-17(20)6-10-21(2)18(16)7-11-22(21,26)12-8-19(24)25/h3-4,6,13,16,18,26H,5,7-12H2,1-2H3,(H,24,25)/t16-,18+,20+,21+,22+/m1/s1. The van der Waals surface area contributed by atoms with Crippen molar-refractivity contribution in [3.8, 4) is 0 Å². The fourth-order valence-electron chi connectivity index (χ4n) is 6.16. The number of carboxylic acids is 1. The molecule has 0 aromatic heterocycles. The van der Waals surface area contributed by atoms with Crippen LogP contribution in [0.15, 0.2) is 35.5 Å². The van der Waals surface area contributed by atoms with E-state index in [1.165, 1.54) is 5.57 Å². The van der Waals surface area contributed by atoms with Crippen LogP contribution in [0.5, 0.6) is 0 Å². The molecule has 4 rings (SSSR count). The first-order valence-electron chi connectivity index (χ1n) is 9.78. The predicted octanol–water partition coefficient (Wildman–Crippen LogP) is 3.81. The summed E-state index contributed by atoms with van der Waals surface area (Å²) in [5.74, 6) is -0.0218. The first kappa shape index (κ1) is 17.7. The van der Waals surface area contributed by atoms with Gasteiger partial charge in [-0.1, -0.05) is 37.6 Å². The van der Waals surface area contributed by atoms with Gasteiger partial charge in [-0.3, -0.25) is 9.59 Å². The van der Waals surface area contributed by atoms with Crippen LogP contribution in [-0.2, 0) is 9.59 Å². The average Bonchev–Trinajstić information content (AvgIpc) is 2.86. The summed E-state index contributed by atoms with van der Waals surface area (Å²) in [7, 11) is 0. The Morgan fingerprint density at radius 2 is 2.08 bits per heavy atom. The van der Waals surface area contributed by atoms with Crippen LogP contribution in [0.1, 0.15) is 58.8 Å². The summed E-state index contributed by atoms with van der Waals surface area (Å²) in [4.78, 5) is 22.9. The molecule has 0 aromatic carbocycles. The molecule has 0 saturated heterocycles. The van der Waals surface area contributed by atoms with Crippen molar-refractivity contribution in [2.75, 3.05) is 0 Å². The number of ketones is 1. The third kappa shape index (κ3) is 2.31. The molecule has 4 heteroatoms. The van der Waals surface area contributed by atoms with Crippen molar-refractivity contribution in [1.29, 1.82) is 0 Å². The van der Waals surface area contributed by atoms with Gasteiger partial charge >= 0.3 is 5.97 Å². The van der Waals surface area contributed by atoms with Gasteiger partial charge in [-0.05, 0) is 49.7 Å². The van der Waals surface area contributed by atoms with Crippen LogP contribution >= 0.6 is 0 Å². The molecular weight excluding hydrogens is 328 g/mol. The predicted molar refractivity (Wildman–Crippen MR) is 98.4 cm³/mol. The molecule has 1 saturated carbocycles. The third-order valence-corrected chi connectivity index (χ3v) is 7.99. The molecule has 4 aliphatic rings. The van der Waals surface area contributed by atoms with Crippen molar-refractivity contribution < 1.29 is 19.8 Å². The molecule has 1 fully saturated rings. The van der Waals surface area contributed by atoms with E-state index >= 15 is 0 Å². The molecule has 0 aliphatic heterocycles. The van der Waals surface area contributed by atoms with Crippen molar-refractivity contribution in [1.82, 2.24) is 0 Å². The Balaban J connectivity index is 1.70. The maximum atomic E-state index is 11.9. The average molecular weight is 356 g/mol. The lowest BCUT2D eigenvalue weighted by Gasteiger charge is -2.53. The topological polar surface area (TPSA) is 74.6 Å². The molecule has 0 bridgehead atoms. The molecule has 0 amide bonds. The molecule has 4 nitrogen and oxygen atoms in total. The van der Waals surface area contributed by atoms with Gasteiger partial charge in [0, 0.05) is 29.6 Å². The summed E-state index contributed by atoms with van der Waals surface area (Å²) < 4.78 is 0. The number of rotatable bonds is 3. The molecule has 0 spiro atoms. The first-order chi connectivity index (χ1) is 12.2. The number of allylic oxidation sites excluding steroid dienone is 6. The number of aliphatic hydroxyl groups is 1. The fraction of sp³-hybridized carbons (Fsp3) is 0.636. The van der Waals surface area contributed by atoms with Crippen LogP contribution in [0, 0.1) is 22.7 Å². The van der Waals surface area contributed by atoms with Gasteiger partial charge in [-0.25, -0.2) is 0 Å². The van der Waals surface area contributed by atoms with Gasteiger partial charge in [0.1, 0.15) is 0 Å². The molecule has 0 aromatic rings. The van der Waals surface area contributed by atoms with Gasteiger partial charge in [0.15, 0.2) is 5.78 Å². The lowest BCUT2D eigenvalue weighted by atomic mass is 9.52. The highest BCUT2D eigenvalue weighted by Gasteiger charge is 2.60. The number of fused-ring (bicyclic) bond motifs is 5. The second-order valence-electron chi connectivity index (χ2n) is 9.13. The normalized spacial score (nSPS) is 43.9. The number of hydrogen-bond acceptors (Lipinski definition) is 3. The molecule has 0 radical (unpaired) electrons. The zero-order chi connectivity index (χ0) is 18.7. The van der Waals surface area contributed by atoms with Crippen molar-refractivity contribution >= 4 is 11.8 Å². The lowest BCUT2D eigenvalue weighted by molar-refractivity contribution is -0.141. The van der Waals surface area contributed by atoms with Gasteiger partial charge < -0.3 is 10.2 Å². The van der Waals surface area contributed by atoms with E-state index in [2.05, 4.69) is 32.1 Å². The lowest BCUT2D eigenvalue weighted by Crippen LogP contribution is -2.50. The Hall–Kier alpha value is -1.68. The van der Waals surface area contributed by atoms with E-state index in [-0.39, 0.29) is 29.0 Å². The second kappa shape index (κ2) is 5.66. The number of carbonyl (C=O) groups excluding carboxylic acids is 1. The summed E-state index contributed by atoms with van der Waals surface area (Å²) in [5, 5.41) is 20.4. The summed E-state index contributed by atoms with van der Waals surface area (Å²) in [6.45, 7) is 4.40. The molecule has 26 heavy (non-hydrogen) atoms. The molecule has 0 heterocycles. The van der Waals surface area contributed by atoms with Crippen LogP contribution in [0.3, 0.4) is 0 Å². The molecule has 0 unspecified atom stereocenters. The van der Waals surface area contributed by atoms with Gasteiger partial charge in [-0.15, -0.1) is 0 Å². The highest BCUT2D eigenvalue weighted by atomic mass is 16.4. The molecular formula is C22H28O4. The van der Waals surface area contributed by atoms with Crippen molar-refractivity contribution in [2.24, 2.45) is 22.7 Å². The van der Waals surface area contributed by atoms with Gasteiger partial charge in [0.2, 0.25) is 0 Å². The van der Waals surface area contributed by atoms with E-state index in [4.69, 9.17) is 5.11 Å². The number of hydrogen-bond donors (Lipinski definition) is 2. The van der Waals surface area contributed by atoms with Crippen molar-refractivity contribution in [3.05, 3.63) is 35.5 Å². The maximum Gasteiger partial charge on any atom is 0.303 e. The first-order valence-corrected chi connectivity index (χ1v) is 9.78. The quantitative estimate of drug-likeness (QED) is 0.754. The Bertz CT molecular complexity index is 760. The van der Waals surface area contributed by atoms with Gasteiger partial charge in [0.05, 0.1) is 5.60 Å². The minimum atomic E-state index is -0.911. The molecule has 5 atom stereocenters. The van der Waals surface area contributed by atoms with Gasteiger partial charge in [0.25, 0.3) is 0 Å². The Labute approximate surface area is 154 Å². The maximum absolute atomic E-state index is 11.9.